The Morgan fingerprint density at radius 2 is 2.05 bits per heavy atom. The summed E-state index contributed by atoms with van der Waals surface area (Å²) < 4.78 is 0. The quantitative estimate of drug-likeness (QED) is 0.584. The molecule has 2 rings (SSSR count). The fraction of sp³-hybridized carbons (Fsp3) is 0. The lowest BCUT2D eigenvalue weighted by atomic mass is 10.3. The van der Waals surface area contributed by atoms with Crippen LogP contribution in [-0.2, 0) is 0 Å². The molecule has 0 aliphatic rings. The first-order valence-corrected chi connectivity index (χ1v) is 5.63. The van der Waals surface area contributed by atoms with E-state index in [2.05, 4.69) is 21.2 Å². The summed E-state index contributed by atoms with van der Waals surface area (Å²) in [5.41, 5.74) is 5.18. The number of rotatable bonds is 4. The lowest BCUT2D eigenvalue weighted by Crippen LogP contribution is -2.33. The Morgan fingerprint density at radius 1 is 1.20 bits per heavy atom. The number of carbonyl (C=O) groups is 1. The van der Waals surface area contributed by atoms with E-state index in [-0.39, 0.29) is 5.69 Å². The lowest BCUT2D eigenvalue weighted by molar-refractivity contribution is -0.384. The van der Waals surface area contributed by atoms with E-state index in [9.17, 15) is 14.9 Å². The number of urea groups is 1. The summed E-state index contributed by atoms with van der Waals surface area (Å²) in [6.07, 6.45) is 1.57. The summed E-state index contributed by atoms with van der Waals surface area (Å²) in [5, 5.41) is 13.1. The van der Waals surface area contributed by atoms with E-state index in [1.165, 1.54) is 18.2 Å². The van der Waals surface area contributed by atoms with Gasteiger partial charge in [0.05, 0.1) is 4.92 Å². The molecule has 1 aromatic carbocycles. The van der Waals surface area contributed by atoms with E-state index >= 15 is 0 Å². The predicted octanol–water partition coefficient (Wildman–Crippen LogP) is 2.14. The number of benzene rings is 1. The summed E-state index contributed by atoms with van der Waals surface area (Å²) in [7, 11) is 0. The van der Waals surface area contributed by atoms with Crippen LogP contribution in [0.3, 0.4) is 0 Å². The van der Waals surface area contributed by atoms with Crippen molar-refractivity contribution in [2.45, 2.75) is 0 Å². The van der Waals surface area contributed by atoms with E-state index < -0.39 is 11.0 Å². The molecule has 2 amide bonds. The van der Waals surface area contributed by atoms with Gasteiger partial charge in [0.15, 0.2) is 0 Å². The van der Waals surface area contributed by atoms with E-state index in [0.717, 1.165) is 0 Å². The van der Waals surface area contributed by atoms with Crippen LogP contribution in [0, 0.1) is 10.1 Å². The van der Waals surface area contributed by atoms with Crippen molar-refractivity contribution in [3.63, 3.8) is 0 Å². The standard InChI is InChI=1S/C12H11N5O3/c18-12(16-15-11-6-1-2-7-13-11)14-9-4-3-5-10(8-9)17(19)20/h1-8H,(H,13,15)(H2,14,16,18). The van der Waals surface area contributed by atoms with Crippen molar-refractivity contribution in [2.75, 3.05) is 10.7 Å². The third-order valence-electron chi connectivity index (χ3n) is 2.28. The first-order chi connectivity index (χ1) is 9.65. The highest BCUT2D eigenvalue weighted by Gasteiger charge is 2.07. The van der Waals surface area contributed by atoms with Gasteiger partial charge in [-0.15, -0.1) is 0 Å². The Hall–Kier alpha value is -3.16. The van der Waals surface area contributed by atoms with Crippen molar-refractivity contribution in [3.8, 4) is 0 Å². The third kappa shape index (κ3) is 3.67. The van der Waals surface area contributed by atoms with Gasteiger partial charge < -0.3 is 5.32 Å². The van der Waals surface area contributed by atoms with Gasteiger partial charge >= 0.3 is 6.03 Å². The number of nitrogens with zero attached hydrogens (tertiary/aromatic N) is 2. The van der Waals surface area contributed by atoms with Crippen molar-refractivity contribution >= 4 is 23.2 Å². The fourth-order valence-corrected chi connectivity index (χ4v) is 1.42. The molecule has 0 bridgehead atoms. The molecule has 0 atom stereocenters. The first kappa shape index (κ1) is 13.3. The van der Waals surface area contributed by atoms with Crippen LogP contribution < -0.4 is 16.2 Å². The largest absolute Gasteiger partial charge is 0.337 e. The minimum absolute atomic E-state index is 0.0968. The van der Waals surface area contributed by atoms with Gasteiger partial charge in [-0.3, -0.25) is 21.0 Å². The topological polar surface area (TPSA) is 109 Å². The zero-order chi connectivity index (χ0) is 14.4. The van der Waals surface area contributed by atoms with Crippen molar-refractivity contribution in [1.82, 2.24) is 10.4 Å². The highest BCUT2D eigenvalue weighted by molar-refractivity contribution is 5.90. The maximum atomic E-state index is 11.6. The number of hydrogen-bond acceptors (Lipinski definition) is 5. The Balaban J connectivity index is 1.91. The van der Waals surface area contributed by atoms with E-state index in [0.29, 0.717) is 11.5 Å². The number of non-ortho nitro benzene ring substituents is 1. The maximum Gasteiger partial charge on any atom is 0.337 e. The van der Waals surface area contributed by atoms with Crippen LogP contribution in [0.15, 0.2) is 48.7 Å². The zero-order valence-corrected chi connectivity index (χ0v) is 10.2. The van der Waals surface area contributed by atoms with Crippen LogP contribution in [0.1, 0.15) is 0 Å². The lowest BCUT2D eigenvalue weighted by Gasteiger charge is -2.08. The molecule has 0 saturated carbocycles. The molecule has 8 nitrogen and oxygen atoms in total. The van der Waals surface area contributed by atoms with Crippen LogP contribution >= 0.6 is 0 Å². The number of aromatic nitrogens is 1. The van der Waals surface area contributed by atoms with Crippen LogP contribution in [-0.4, -0.2) is 15.9 Å². The number of carbonyl (C=O) groups excluding carboxylic acids is 1. The summed E-state index contributed by atoms with van der Waals surface area (Å²) >= 11 is 0. The SMILES string of the molecule is O=C(NNc1ccccn1)Nc1cccc([N+](=O)[O-])c1. The average molecular weight is 273 g/mol. The number of nitro benzene ring substituents is 1. The van der Waals surface area contributed by atoms with E-state index in [4.69, 9.17) is 0 Å². The first-order valence-electron chi connectivity index (χ1n) is 5.63. The molecular formula is C12H11N5O3. The van der Waals surface area contributed by atoms with Gasteiger partial charge in [0, 0.05) is 24.0 Å². The molecule has 0 spiro atoms. The summed E-state index contributed by atoms with van der Waals surface area (Å²) in [4.78, 5) is 25.6. The Morgan fingerprint density at radius 3 is 2.75 bits per heavy atom. The average Bonchev–Trinajstić information content (AvgIpc) is 2.46. The number of amides is 2. The molecule has 20 heavy (non-hydrogen) atoms. The summed E-state index contributed by atoms with van der Waals surface area (Å²) in [6.45, 7) is 0. The minimum Gasteiger partial charge on any atom is -0.306 e. The third-order valence-corrected chi connectivity index (χ3v) is 2.28. The highest BCUT2D eigenvalue weighted by Crippen LogP contribution is 2.16. The van der Waals surface area contributed by atoms with Gasteiger partial charge in [-0.25, -0.2) is 9.78 Å². The normalized spacial score (nSPS) is 9.60. The molecule has 1 aromatic heterocycles. The number of anilines is 2. The Kier molecular flexibility index (Phi) is 4.07. The molecule has 1 heterocycles. The van der Waals surface area contributed by atoms with Gasteiger partial charge in [0.1, 0.15) is 5.82 Å². The second-order valence-corrected chi connectivity index (χ2v) is 3.73. The number of nitrogens with one attached hydrogen (secondary N) is 3. The number of nitro groups is 1. The molecule has 0 fully saturated rings. The second-order valence-electron chi connectivity index (χ2n) is 3.73. The van der Waals surface area contributed by atoms with Crippen LogP contribution in [0.5, 0.6) is 0 Å². The van der Waals surface area contributed by atoms with E-state index in [1.807, 2.05) is 0 Å². The van der Waals surface area contributed by atoms with Gasteiger partial charge in [-0.1, -0.05) is 12.1 Å². The number of hydrazine groups is 1. The van der Waals surface area contributed by atoms with Gasteiger partial charge in [0.25, 0.3) is 5.69 Å². The smallest absolute Gasteiger partial charge is 0.306 e. The molecule has 0 aliphatic carbocycles. The molecule has 102 valence electrons. The van der Waals surface area contributed by atoms with Gasteiger partial charge in [-0.2, -0.15) is 0 Å². The fourth-order valence-electron chi connectivity index (χ4n) is 1.42. The van der Waals surface area contributed by atoms with Gasteiger partial charge in [0.2, 0.25) is 0 Å². The summed E-state index contributed by atoms with van der Waals surface area (Å²) in [5.74, 6) is 0.474. The molecule has 0 saturated heterocycles. The van der Waals surface area contributed by atoms with E-state index in [1.54, 1.807) is 30.5 Å². The molecule has 0 aliphatic heterocycles. The van der Waals surface area contributed by atoms with Crippen molar-refractivity contribution in [3.05, 3.63) is 58.8 Å². The molecule has 8 heteroatoms. The highest BCUT2D eigenvalue weighted by atomic mass is 16.6. The Bertz CT molecular complexity index is 617. The van der Waals surface area contributed by atoms with Crippen molar-refractivity contribution < 1.29 is 9.72 Å². The van der Waals surface area contributed by atoms with Crippen molar-refractivity contribution in [1.29, 1.82) is 0 Å². The van der Waals surface area contributed by atoms with Crippen LogP contribution in [0.4, 0.5) is 22.0 Å². The maximum absolute atomic E-state index is 11.6. The molecular weight excluding hydrogens is 262 g/mol. The number of pyridine rings is 1. The second kappa shape index (κ2) is 6.14. The van der Waals surface area contributed by atoms with Crippen LogP contribution in [0.2, 0.25) is 0 Å². The summed E-state index contributed by atoms with van der Waals surface area (Å²) in [6, 6.07) is 10.3. The number of hydrogen-bond donors (Lipinski definition) is 3. The monoisotopic (exact) mass is 273 g/mol. The minimum atomic E-state index is -0.559. The van der Waals surface area contributed by atoms with Gasteiger partial charge in [-0.05, 0) is 18.2 Å². The predicted molar refractivity (Wildman–Crippen MR) is 73.1 cm³/mol. The molecule has 2 aromatic rings. The molecule has 0 unspecified atom stereocenters. The molecule has 0 radical (unpaired) electrons. The zero-order valence-electron chi connectivity index (χ0n) is 10.2. The Labute approximate surface area is 114 Å². The molecule has 3 N–H and O–H groups in total. The van der Waals surface area contributed by atoms with Crippen molar-refractivity contribution in [2.24, 2.45) is 0 Å². The van der Waals surface area contributed by atoms with Crippen LogP contribution in [0.25, 0.3) is 0 Å².